The Morgan fingerprint density at radius 3 is 1.83 bits per heavy atom. The summed E-state index contributed by atoms with van der Waals surface area (Å²) in [5.41, 5.74) is 4.90. The van der Waals surface area contributed by atoms with E-state index in [9.17, 15) is 0 Å². The van der Waals surface area contributed by atoms with E-state index in [-0.39, 0.29) is 46.2 Å². The van der Waals surface area contributed by atoms with Crippen molar-refractivity contribution >= 4 is 12.2 Å². The summed E-state index contributed by atoms with van der Waals surface area (Å²) in [4.78, 5) is 14.1. The van der Waals surface area contributed by atoms with Crippen LogP contribution in [0.3, 0.4) is 0 Å². The molecular weight excluding hydrogens is 574 g/mol. The molecule has 4 heteroatoms. The Hall–Kier alpha value is -6.13. The highest BCUT2D eigenvalue weighted by atomic mass is 16.5. The minimum atomic E-state index is -0.910. The van der Waals surface area contributed by atoms with E-state index >= 15 is 0 Å². The van der Waals surface area contributed by atoms with E-state index in [4.69, 9.17) is 27.0 Å². The summed E-state index contributed by atoms with van der Waals surface area (Å²) in [7, 11) is 0. The highest BCUT2D eigenvalue weighted by molar-refractivity contribution is 5.85. The number of aromatic nitrogens is 3. The predicted molar refractivity (Wildman–Crippen MR) is 188 cm³/mol. The van der Waals surface area contributed by atoms with E-state index in [0.717, 1.165) is 33.4 Å². The molecule has 7 aromatic rings. The Kier molecular flexibility index (Phi) is 4.44. The van der Waals surface area contributed by atoms with Crippen molar-refractivity contribution in [3.05, 3.63) is 184 Å². The van der Waals surface area contributed by atoms with Gasteiger partial charge in [-0.3, -0.25) is 0 Å². The number of rotatable bonds is 3. The Morgan fingerprint density at radius 1 is 0.532 bits per heavy atom. The molecule has 1 aliphatic heterocycles. The van der Waals surface area contributed by atoms with Gasteiger partial charge >= 0.3 is 0 Å². The van der Waals surface area contributed by atoms with Crippen molar-refractivity contribution in [3.8, 4) is 45.7 Å². The lowest BCUT2D eigenvalue weighted by molar-refractivity contribution is 0.434. The van der Waals surface area contributed by atoms with Crippen LogP contribution in [-0.4, -0.2) is 15.0 Å². The van der Waals surface area contributed by atoms with Gasteiger partial charge in [-0.15, -0.1) is 0 Å². The largest absolute Gasteiger partial charge is 0.457 e. The average molecular weight is 613 g/mol. The van der Waals surface area contributed by atoms with Crippen LogP contribution in [0.5, 0.6) is 11.5 Å². The summed E-state index contributed by atoms with van der Waals surface area (Å²) in [5.74, 6) is 0.950. The van der Waals surface area contributed by atoms with Crippen LogP contribution in [0.4, 0.5) is 0 Å². The highest BCUT2D eigenvalue weighted by Gasteiger charge is 2.47. The van der Waals surface area contributed by atoms with Crippen LogP contribution in [0.2, 0.25) is 0 Å². The molecule has 4 nitrogen and oxygen atoms in total. The quantitative estimate of drug-likeness (QED) is 0.199. The lowest BCUT2D eigenvalue weighted by Crippen LogP contribution is -2.35. The smallest absolute Gasteiger partial charge is 0.164 e. The van der Waals surface area contributed by atoms with Crippen LogP contribution in [0, 0.1) is 6.92 Å². The summed E-state index contributed by atoms with van der Waals surface area (Å²) in [6.45, 7) is 1.50. The Balaban J connectivity index is 1.39. The van der Waals surface area contributed by atoms with Crippen molar-refractivity contribution in [3.63, 3.8) is 0 Å². The van der Waals surface area contributed by atoms with Gasteiger partial charge in [0.25, 0.3) is 0 Å². The van der Waals surface area contributed by atoms with Gasteiger partial charge in [0.1, 0.15) is 11.5 Å². The standard InChI is InChI=1S/C43H29N3O/c1-28-12-11-16-32(26-28)41-44-40(31-14-3-2-4-15-31)45-42(46-41)33-25-24-30-23-22-29-13-5-6-17-34(29)43(37(30)27-33)35-18-7-9-20-38(35)47-39-21-10-8-19-36(39)43/h2-27H,1H3/i2D,3D,4D,11D,12D,14D,15D,16D,26D. The van der Waals surface area contributed by atoms with E-state index < -0.39 is 47.7 Å². The van der Waals surface area contributed by atoms with Crippen molar-refractivity contribution in [1.29, 1.82) is 0 Å². The minimum absolute atomic E-state index is 0.0443. The molecule has 47 heavy (non-hydrogen) atoms. The van der Waals surface area contributed by atoms with Crippen molar-refractivity contribution in [1.82, 2.24) is 15.0 Å². The zero-order chi connectivity index (χ0) is 39.2. The first-order valence-corrected chi connectivity index (χ1v) is 15.1. The highest BCUT2D eigenvalue weighted by Crippen LogP contribution is 2.57. The van der Waals surface area contributed by atoms with E-state index in [1.165, 1.54) is 6.92 Å². The number of nitrogens with zero attached hydrogens (tertiary/aromatic N) is 3. The van der Waals surface area contributed by atoms with Gasteiger partial charge < -0.3 is 4.74 Å². The summed E-state index contributed by atoms with van der Waals surface area (Å²) >= 11 is 0. The van der Waals surface area contributed by atoms with Gasteiger partial charge in [-0.05, 0) is 53.4 Å². The van der Waals surface area contributed by atoms with Gasteiger partial charge in [-0.2, -0.15) is 0 Å². The summed E-state index contributed by atoms with van der Waals surface area (Å²) in [6.07, 6.45) is 4.15. The molecule has 2 heterocycles. The van der Waals surface area contributed by atoms with Gasteiger partial charge in [0.05, 0.1) is 17.8 Å². The molecule has 2 aliphatic rings. The zero-order valence-corrected chi connectivity index (χ0v) is 25.1. The molecule has 0 bridgehead atoms. The van der Waals surface area contributed by atoms with Gasteiger partial charge in [-0.1, -0.05) is 139 Å². The number of ether oxygens (including phenoxy) is 1. The van der Waals surface area contributed by atoms with Crippen LogP contribution in [0.15, 0.2) is 145 Å². The number of benzene rings is 6. The molecule has 0 radical (unpaired) electrons. The van der Waals surface area contributed by atoms with Crippen molar-refractivity contribution in [2.24, 2.45) is 0 Å². The topological polar surface area (TPSA) is 47.9 Å². The first-order chi connectivity index (χ1) is 26.9. The van der Waals surface area contributed by atoms with E-state index in [1.807, 2.05) is 66.7 Å². The number of para-hydroxylation sites is 2. The van der Waals surface area contributed by atoms with Crippen LogP contribution in [-0.2, 0) is 5.41 Å². The van der Waals surface area contributed by atoms with Gasteiger partial charge in [-0.25, -0.2) is 15.0 Å². The van der Waals surface area contributed by atoms with E-state index in [2.05, 4.69) is 41.4 Å². The van der Waals surface area contributed by atoms with Crippen LogP contribution in [0.1, 0.15) is 51.3 Å². The maximum atomic E-state index is 8.93. The first kappa shape index (κ1) is 19.4. The van der Waals surface area contributed by atoms with Crippen molar-refractivity contribution < 1.29 is 17.1 Å². The third-order valence-electron chi connectivity index (χ3n) is 8.66. The summed E-state index contributed by atoms with van der Waals surface area (Å²) < 4.78 is 83.6. The molecule has 9 rings (SSSR count). The summed E-state index contributed by atoms with van der Waals surface area (Å²) in [6, 6.07) is 25.6. The number of hydrogen-bond donors (Lipinski definition) is 0. The molecule has 0 atom stereocenters. The predicted octanol–water partition coefficient (Wildman–Crippen LogP) is 10.2. The molecule has 1 spiro atoms. The molecule has 1 aliphatic carbocycles. The van der Waals surface area contributed by atoms with Crippen molar-refractivity contribution in [2.45, 2.75) is 12.3 Å². The second-order valence-electron chi connectivity index (χ2n) is 11.4. The molecule has 0 fully saturated rings. The van der Waals surface area contributed by atoms with E-state index in [0.29, 0.717) is 17.1 Å². The second kappa shape index (κ2) is 10.7. The molecule has 0 N–H and O–H groups in total. The number of fused-ring (bicyclic) bond motifs is 8. The monoisotopic (exact) mass is 612 g/mol. The molecule has 0 amide bonds. The van der Waals surface area contributed by atoms with Crippen LogP contribution >= 0.6 is 0 Å². The SMILES string of the molecule is [2H]c1c([2H])c([2H])c(-c2nc(-c3ccc4c(c3)C3(c5ccccc5C=C4)c4ccccc4Oc4ccccc43)nc(-c3c([2H])c([2H])c([2H])c(C)c3[2H])n2)c([2H])c1[2H]. The third kappa shape index (κ3) is 4.33. The second-order valence-corrected chi connectivity index (χ2v) is 11.4. The Morgan fingerprint density at radius 2 is 1.11 bits per heavy atom. The molecule has 0 unspecified atom stereocenters. The van der Waals surface area contributed by atoms with Gasteiger partial charge in [0.2, 0.25) is 0 Å². The number of hydrogen-bond acceptors (Lipinski definition) is 4. The Labute approximate surface area is 286 Å². The fourth-order valence-electron chi connectivity index (χ4n) is 6.69. The van der Waals surface area contributed by atoms with E-state index in [1.54, 1.807) is 0 Å². The fourth-order valence-corrected chi connectivity index (χ4v) is 6.69. The molecule has 6 aromatic carbocycles. The molecule has 0 saturated carbocycles. The minimum Gasteiger partial charge on any atom is -0.457 e. The van der Waals surface area contributed by atoms with Gasteiger partial charge in [0.15, 0.2) is 17.5 Å². The van der Waals surface area contributed by atoms with Crippen LogP contribution in [0.25, 0.3) is 46.3 Å². The molecule has 0 saturated heterocycles. The first-order valence-electron chi connectivity index (χ1n) is 19.6. The normalized spacial score (nSPS) is 16.1. The lowest BCUT2D eigenvalue weighted by atomic mass is 9.62. The zero-order valence-electron chi connectivity index (χ0n) is 34.1. The van der Waals surface area contributed by atoms with Crippen LogP contribution < -0.4 is 4.74 Å². The third-order valence-corrected chi connectivity index (χ3v) is 8.66. The molecule has 222 valence electrons. The fraction of sp³-hybridized carbons (Fsp3) is 0.0465. The maximum absolute atomic E-state index is 8.93. The lowest BCUT2D eigenvalue weighted by Gasteiger charge is -2.42. The van der Waals surface area contributed by atoms with Crippen molar-refractivity contribution in [2.75, 3.05) is 0 Å². The summed E-state index contributed by atoms with van der Waals surface area (Å²) in [5, 5.41) is 0. The average Bonchev–Trinajstić information content (AvgIpc) is 3.36. The molecule has 1 aromatic heterocycles. The Bertz CT molecular complexity index is 2680. The maximum Gasteiger partial charge on any atom is 0.164 e. The molecular formula is C43H29N3O. The van der Waals surface area contributed by atoms with Gasteiger partial charge in [0, 0.05) is 27.8 Å².